The predicted molar refractivity (Wildman–Crippen MR) is 105 cm³/mol. The van der Waals surface area contributed by atoms with E-state index in [4.69, 9.17) is 4.74 Å². The molecular weight excluding hydrogens is 370 g/mol. The lowest BCUT2D eigenvalue weighted by Crippen LogP contribution is -2.19. The number of rotatable bonds is 3. The highest BCUT2D eigenvalue weighted by Gasteiger charge is 2.24. The Balaban J connectivity index is 1.62. The van der Waals surface area contributed by atoms with Gasteiger partial charge in [-0.3, -0.25) is 4.79 Å². The monoisotopic (exact) mass is 383 g/mol. The van der Waals surface area contributed by atoms with Gasteiger partial charge in [-0.25, -0.2) is 4.99 Å². The molecule has 0 saturated carbocycles. The molecule has 1 fully saturated rings. The Morgan fingerprint density at radius 2 is 2.12 bits per heavy atom. The van der Waals surface area contributed by atoms with E-state index in [-0.39, 0.29) is 11.7 Å². The Bertz CT molecular complexity index is 1070. The molecule has 1 aromatic heterocycles. The number of nitrogens with zero attached hydrogens (tertiary/aromatic N) is 2. The van der Waals surface area contributed by atoms with Crippen molar-refractivity contribution < 1.29 is 14.6 Å². The standard InChI is InChI=1S/C18H13N3O3S2/c1-24-13-8-10(6-7-12(13)22)9-15-17(23)20-18(25-15)19-16-11-4-2-3-5-14(11)26-21-16/h2-9,22H,1H3,(H,19,20,21,23)/b15-9+. The van der Waals surface area contributed by atoms with Crippen LogP contribution in [0.2, 0.25) is 0 Å². The van der Waals surface area contributed by atoms with Crippen LogP contribution >= 0.6 is 23.3 Å². The maximum absolute atomic E-state index is 12.2. The molecular formula is C18H13N3O3S2. The Morgan fingerprint density at radius 1 is 1.27 bits per heavy atom. The quantitative estimate of drug-likeness (QED) is 0.670. The number of nitrogens with one attached hydrogen (secondary N) is 1. The van der Waals surface area contributed by atoms with Crippen LogP contribution in [0.5, 0.6) is 11.5 Å². The first-order valence-electron chi connectivity index (χ1n) is 7.65. The second kappa shape index (κ2) is 6.81. The summed E-state index contributed by atoms with van der Waals surface area (Å²) in [6.45, 7) is 0. The molecule has 3 aromatic rings. The van der Waals surface area contributed by atoms with Gasteiger partial charge in [-0.2, -0.15) is 4.37 Å². The maximum Gasteiger partial charge on any atom is 0.264 e. The number of hydrogen-bond donors (Lipinski definition) is 2. The summed E-state index contributed by atoms with van der Waals surface area (Å²) in [6.07, 6.45) is 1.73. The van der Waals surface area contributed by atoms with Crippen molar-refractivity contribution in [2.45, 2.75) is 0 Å². The zero-order chi connectivity index (χ0) is 18.1. The van der Waals surface area contributed by atoms with Gasteiger partial charge in [-0.15, -0.1) is 0 Å². The van der Waals surface area contributed by atoms with Crippen molar-refractivity contribution in [1.29, 1.82) is 0 Å². The third-order valence-corrected chi connectivity index (χ3v) is 5.45. The maximum atomic E-state index is 12.2. The molecule has 2 N–H and O–H groups in total. The molecule has 1 amide bonds. The normalized spacial score (nSPS) is 17.2. The fourth-order valence-electron chi connectivity index (χ4n) is 2.47. The number of phenols is 1. The number of hydrogen-bond acceptors (Lipinski definition) is 7. The molecule has 0 radical (unpaired) electrons. The molecule has 26 heavy (non-hydrogen) atoms. The van der Waals surface area contributed by atoms with Crippen LogP contribution in [0.25, 0.3) is 16.2 Å². The number of fused-ring (bicyclic) bond motifs is 1. The number of carbonyl (C=O) groups is 1. The average molecular weight is 383 g/mol. The highest BCUT2D eigenvalue weighted by Crippen LogP contribution is 2.33. The fraction of sp³-hybridized carbons (Fsp3) is 0.0556. The van der Waals surface area contributed by atoms with Crippen LogP contribution in [0.15, 0.2) is 52.4 Å². The lowest BCUT2D eigenvalue weighted by atomic mass is 10.2. The summed E-state index contributed by atoms with van der Waals surface area (Å²) in [7, 11) is 1.48. The first-order chi connectivity index (χ1) is 12.6. The minimum Gasteiger partial charge on any atom is -0.504 e. The number of ether oxygens (including phenoxy) is 1. The smallest absolute Gasteiger partial charge is 0.264 e. The lowest BCUT2D eigenvalue weighted by Gasteiger charge is -2.03. The van der Waals surface area contributed by atoms with E-state index in [1.165, 1.54) is 36.5 Å². The van der Waals surface area contributed by atoms with Crippen molar-refractivity contribution in [2.24, 2.45) is 4.99 Å². The van der Waals surface area contributed by atoms with E-state index in [1.807, 2.05) is 24.3 Å². The average Bonchev–Trinajstić information content (AvgIpc) is 3.21. The van der Waals surface area contributed by atoms with Crippen molar-refractivity contribution >= 4 is 56.3 Å². The van der Waals surface area contributed by atoms with Gasteiger partial charge in [0.15, 0.2) is 22.5 Å². The molecule has 6 nitrogen and oxygen atoms in total. The van der Waals surface area contributed by atoms with E-state index in [0.717, 1.165) is 15.6 Å². The number of aliphatic imine (C=N–C) groups is 1. The summed E-state index contributed by atoms with van der Waals surface area (Å²) < 4.78 is 10.5. The van der Waals surface area contributed by atoms with E-state index in [0.29, 0.717) is 21.6 Å². The van der Waals surface area contributed by atoms with Crippen LogP contribution in [-0.4, -0.2) is 27.7 Å². The van der Waals surface area contributed by atoms with Crippen LogP contribution in [-0.2, 0) is 4.79 Å². The Kier molecular flexibility index (Phi) is 4.36. The molecule has 4 rings (SSSR count). The summed E-state index contributed by atoms with van der Waals surface area (Å²) >= 11 is 2.63. The molecule has 1 aliphatic heterocycles. The van der Waals surface area contributed by atoms with Gasteiger partial charge in [0.05, 0.1) is 16.7 Å². The van der Waals surface area contributed by atoms with E-state index in [2.05, 4.69) is 14.7 Å². The molecule has 0 aliphatic carbocycles. The molecule has 2 aromatic carbocycles. The highest BCUT2D eigenvalue weighted by atomic mass is 32.2. The van der Waals surface area contributed by atoms with Crippen molar-refractivity contribution in [3.8, 4) is 11.5 Å². The number of amidine groups is 1. The summed E-state index contributed by atoms with van der Waals surface area (Å²) in [5.74, 6) is 0.780. The van der Waals surface area contributed by atoms with Crippen LogP contribution in [0.3, 0.4) is 0 Å². The highest BCUT2D eigenvalue weighted by molar-refractivity contribution is 8.18. The first kappa shape index (κ1) is 16.6. The van der Waals surface area contributed by atoms with Gasteiger partial charge in [0, 0.05) is 5.39 Å². The Morgan fingerprint density at radius 3 is 2.96 bits per heavy atom. The predicted octanol–water partition coefficient (Wildman–Crippen LogP) is 3.90. The second-order valence-electron chi connectivity index (χ2n) is 5.42. The molecule has 130 valence electrons. The largest absolute Gasteiger partial charge is 0.504 e. The van der Waals surface area contributed by atoms with Crippen molar-refractivity contribution in [3.63, 3.8) is 0 Å². The van der Waals surface area contributed by atoms with Crippen LogP contribution < -0.4 is 10.1 Å². The van der Waals surface area contributed by atoms with Gasteiger partial charge in [0.25, 0.3) is 5.91 Å². The van der Waals surface area contributed by atoms with E-state index in [9.17, 15) is 9.90 Å². The van der Waals surface area contributed by atoms with Gasteiger partial charge >= 0.3 is 0 Å². The molecule has 1 saturated heterocycles. The first-order valence-corrected chi connectivity index (χ1v) is 9.24. The number of benzene rings is 2. The van der Waals surface area contributed by atoms with Crippen molar-refractivity contribution in [1.82, 2.24) is 9.69 Å². The fourth-order valence-corrected chi connectivity index (χ4v) is 4.01. The number of thioether (sulfide) groups is 1. The number of methoxy groups -OCH3 is 1. The van der Waals surface area contributed by atoms with Crippen LogP contribution in [0, 0.1) is 0 Å². The van der Waals surface area contributed by atoms with Gasteiger partial charge in [0.2, 0.25) is 0 Å². The van der Waals surface area contributed by atoms with Crippen LogP contribution in [0.1, 0.15) is 5.56 Å². The Hall–Kier alpha value is -2.84. The summed E-state index contributed by atoms with van der Waals surface area (Å²) in [6, 6.07) is 12.7. The summed E-state index contributed by atoms with van der Waals surface area (Å²) in [5.41, 5.74) is 0.748. The molecule has 0 unspecified atom stereocenters. The molecule has 1 aliphatic rings. The third-order valence-electron chi connectivity index (χ3n) is 3.72. The summed E-state index contributed by atoms with van der Waals surface area (Å²) in [5, 5.41) is 13.9. The van der Waals surface area contributed by atoms with Crippen molar-refractivity contribution in [3.05, 3.63) is 52.9 Å². The van der Waals surface area contributed by atoms with E-state index < -0.39 is 0 Å². The molecule has 2 heterocycles. The molecule has 8 heteroatoms. The number of phenolic OH excluding ortho intramolecular Hbond substituents is 1. The number of aromatic hydroxyl groups is 1. The SMILES string of the molecule is COc1cc(/C=C2/SC(=Nc3nsc4ccccc34)NC2=O)ccc1O. The number of aromatic nitrogens is 1. The van der Waals surface area contributed by atoms with Gasteiger partial charge < -0.3 is 15.2 Å². The Labute approximate surface area is 157 Å². The number of carbonyl (C=O) groups excluding carboxylic acids is 1. The number of amides is 1. The topological polar surface area (TPSA) is 83.8 Å². The van der Waals surface area contributed by atoms with Crippen molar-refractivity contribution in [2.75, 3.05) is 7.11 Å². The van der Waals surface area contributed by atoms with Gasteiger partial charge in [-0.1, -0.05) is 18.2 Å². The summed E-state index contributed by atoms with van der Waals surface area (Å²) in [4.78, 5) is 17.2. The zero-order valence-electron chi connectivity index (χ0n) is 13.6. The van der Waals surface area contributed by atoms with E-state index in [1.54, 1.807) is 18.2 Å². The van der Waals surface area contributed by atoms with E-state index >= 15 is 0 Å². The minimum atomic E-state index is -0.222. The molecule has 0 spiro atoms. The second-order valence-corrected chi connectivity index (χ2v) is 7.25. The third kappa shape index (κ3) is 3.16. The lowest BCUT2D eigenvalue weighted by molar-refractivity contribution is -0.115. The van der Waals surface area contributed by atoms with Gasteiger partial charge in [0.1, 0.15) is 0 Å². The van der Waals surface area contributed by atoms with Crippen LogP contribution in [0.4, 0.5) is 5.82 Å². The van der Waals surface area contributed by atoms with Gasteiger partial charge in [-0.05, 0) is 59.2 Å². The zero-order valence-corrected chi connectivity index (χ0v) is 15.2. The molecule has 0 bridgehead atoms. The molecule has 0 atom stereocenters. The minimum absolute atomic E-state index is 0.0517.